The summed E-state index contributed by atoms with van der Waals surface area (Å²) >= 11 is 0. The van der Waals surface area contributed by atoms with Crippen LogP contribution in [0.1, 0.15) is 20.3 Å². The standard InChI is InChI=1S/C14H24N2O2/c1-10(2)7-11(15)9-16-13-6-5-12(17-3)8-14(13)18-4/h5-6,8,10-11,16H,7,9,15H2,1-4H3/t11-/m0/s1. The molecule has 0 aliphatic heterocycles. The Hall–Kier alpha value is -1.42. The molecular weight excluding hydrogens is 228 g/mol. The minimum Gasteiger partial charge on any atom is -0.497 e. The molecule has 1 atom stereocenters. The summed E-state index contributed by atoms with van der Waals surface area (Å²) in [4.78, 5) is 0. The molecule has 0 bridgehead atoms. The second kappa shape index (κ2) is 7.11. The number of nitrogens with one attached hydrogen (secondary N) is 1. The predicted molar refractivity (Wildman–Crippen MR) is 75.5 cm³/mol. The van der Waals surface area contributed by atoms with Gasteiger partial charge in [0.2, 0.25) is 0 Å². The Morgan fingerprint density at radius 3 is 2.50 bits per heavy atom. The van der Waals surface area contributed by atoms with Gasteiger partial charge in [-0.3, -0.25) is 0 Å². The molecule has 0 aromatic heterocycles. The van der Waals surface area contributed by atoms with E-state index < -0.39 is 0 Å². The van der Waals surface area contributed by atoms with Gasteiger partial charge in [-0.05, 0) is 24.5 Å². The van der Waals surface area contributed by atoms with Crippen molar-refractivity contribution in [2.24, 2.45) is 11.7 Å². The van der Waals surface area contributed by atoms with Gasteiger partial charge in [0, 0.05) is 18.7 Å². The fraction of sp³-hybridized carbons (Fsp3) is 0.571. The fourth-order valence-corrected chi connectivity index (χ4v) is 1.87. The van der Waals surface area contributed by atoms with Crippen LogP contribution < -0.4 is 20.5 Å². The average molecular weight is 252 g/mol. The third-order valence-electron chi connectivity index (χ3n) is 2.74. The van der Waals surface area contributed by atoms with Gasteiger partial charge in [-0.15, -0.1) is 0 Å². The lowest BCUT2D eigenvalue weighted by Crippen LogP contribution is -2.30. The van der Waals surface area contributed by atoms with Crippen LogP contribution in [0.3, 0.4) is 0 Å². The molecule has 0 amide bonds. The molecule has 0 unspecified atom stereocenters. The van der Waals surface area contributed by atoms with Crippen molar-refractivity contribution in [2.45, 2.75) is 26.3 Å². The lowest BCUT2D eigenvalue weighted by molar-refractivity contribution is 0.395. The molecule has 1 aromatic rings. The van der Waals surface area contributed by atoms with Crippen molar-refractivity contribution < 1.29 is 9.47 Å². The quantitative estimate of drug-likeness (QED) is 0.783. The molecule has 0 saturated carbocycles. The summed E-state index contributed by atoms with van der Waals surface area (Å²) in [5.74, 6) is 2.16. The molecule has 1 rings (SSSR count). The number of methoxy groups -OCH3 is 2. The molecule has 0 aliphatic rings. The van der Waals surface area contributed by atoms with Crippen LogP contribution in [-0.2, 0) is 0 Å². The SMILES string of the molecule is COc1ccc(NC[C@@H](N)CC(C)C)c(OC)c1. The summed E-state index contributed by atoms with van der Waals surface area (Å²) in [5.41, 5.74) is 6.98. The molecule has 0 fully saturated rings. The summed E-state index contributed by atoms with van der Waals surface area (Å²) in [6.45, 7) is 5.09. The first-order chi connectivity index (χ1) is 8.56. The number of rotatable bonds is 7. The molecule has 3 N–H and O–H groups in total. The normalized spacial score (nSPS) is 12.3. The highest BCUT2D eigenvalue weighted by Gasteiger charge is 2.08. The Kier molecular flexibility index (Phi) is 5.78. The van der Waals surface area contributed by atoms with Gasteiger partial charge in [0.05, 0.1) is 19.9 Å². The monoisotopic (exact) mass is 252 g/mol. The summed E-state index contributed by atoms with van der Waals surface area (Å²) in [7, 11) is 3.29. The third kappa shape index (κ3) is 4.45. The Labute approximate surface area is 109 Å². The molecule has 0 radical (unpaired) electrons. The van der Waals surface area contributed by atoms with Crippen molar-refractivity contribution in [1.29, 1.82) is 0 Å². The van der Waals surface area contributed by atoms with E-state index in [0.29, 0.717) is 5.92 Å². The van der Waals surface area contributed by atoms with E-state index in [9.17, 15) is 0 Å². The van der Waals surface area contributed by atoms with Crippen molar-refractivity contribution in [3.05, 3.63) is 18.2 Å². The van der Waals surface area contributed by atoms with Crippen LogP contribution in [0.15, 0.2) is 18.2 Å². The van der Waals surface area contributed by atoms with Crippen molar-refractivity contribution in [1.82, 2.24) is 0 Å². The highest BCUT2D eigenvalue weighted by molar-refractivity contribution is 5.59. The Morgan fingerprint density at radius 2 is 1.94 bits per heavy atom. The van der Waals surface area contributed by atoms with Gasteiger partial charge in [0.25, 0.3) is 0 Å². The Bertz CT molecular complexity index is 367. The number of benzene rings is 1. The van der Waals surface area contributed by atoms with Crippen LogP contribution in [0.5, 0.6) is 11.5 Å². The Balaban J connectivity index is 2.61. The lowest BCUT2D eigenvalue weighted by Gasteiger charge is -2.17. The van der Waals surface area contributed by atoms with Gasteiger partial charge in [-0.1, -0.05) is 13.8 Å². The van der Waals surface area contributed by atoms with Gasteiger partial charge in [-0.25, -0.2) is 0 Å². The molecule has 18 heavy (non-hydrogen) atoms. The smallest absolute Gasteiger partial charge is 0.145 e. The van der Waals surface area contributed by atoms with E-state index >= 15 is 0 Å². The van der Waals surface area contributed by atoms with Crippen LogP contribution >= 0.6 is 0 Å². The Morgan fingerprint density at radius 1 is 1.22 bits per heavy atom. The van der Waals surface area contributed by atoms with Crippen molar-refractivity contribution in [2.75, 3.05) is 26.1 Å². The summed E-state index contributed by atoms with van der Waals surface area (Å²) < 4.78 is 10.5. The van der Waals surface area contributed by atoms with Crippen LogP contribution in [0.2, 0.25) is 0 Å². The second-order valence-corrected chi connectivity index (χ2v) is 4.84. The number of ether oxygens (including phenoxy) is 2. The largest absolute Gasteiger partial charge is 0.497 e. The van der Waals surface area contributed by atoms with E-state index in [2.05, 4.69) is 19.2 Å². The molecule has 0 aliphatic carbocycles. The van der Waals surface area contributed by atoms with E-state index in [1.165, 1.54) is 0 Å². The summed E-state index contributed by atoms with van der Waals surface area (Å²) in [6.07, 6.45) is 1.01. The molecule has 1 aromatic carbocycles. The summed E-state index contributed by atoms with van der Waals surface area (Å²) in [6, 6.07) is 5.85. The minimum atomic E-state index is 0.150. The highest BCUT2D eigenvalue weighted by Crippen LogP contribution is 2.28. The maximum atomic E-state index is 6.04. The first-order valence-corrected chi connectivity index (χ1v) is 6.28. The fourth-order valence-electron chi connectivity index (χ4n) is 1.87. The van der Waals surface area contributed by atoms with Crippen LogP contribution in [0.4, 0.5) is 5.69 Å². The zero-order valence-electron chi connectivity index (χ0n) is 11.7. The lowest BCUT2D eigenvalue weighted by atomic mass is 10.0. The molecule has 102 valence electrons. The number of hydrogen-bond acceptors (Lipinski definition) is 4. The van der Waals surface area contributed by atoms with E-state index in [-0.39, 0.29) is 6.04 Å². The maximum absolute atomic E-state index is 6.04. The third-order valence-corrected chi connectivity index (χ3v) is 2.74. The van der Waals surface area contributed by atoms with E-state index in [1.807, 2.05) is 18.2 Å². The predicted octanol–water partition coefficient (Wildman–Crippen LogP) is 2.49. The molecule has 0 saturated heterocycles. The van der Waals surface area contributed by atoms with E-state index in [4.69, 9.17) is 15.2 Å². The van der Waals surface area contributed by atoms with Crippen molar-refractivity contribution in [3.63, 3.8) is 0 Å². The zero-order chi connectivity index (χ0) is 13.5. The number of nitrogens with two attached hydrogens (primary N) is 1. The molecular formula is C14H24N2O2. The summed E-state index contributed by atoms with van der Waals surface area (Å²) in [5, 5.41) is 3.32. The van der Waals surface area contributed by atoms with Crippen LogP contribution in [-0.4, -0.2) is 26.8 Å². The molecule has 0 spiro atoms. The van der Waals surface area contributed by atoms with Gasteiger partial charge >= 0.3 is 0 Å². The van der Waals surface area contributed by atoms with Crippen molar-refractivity contribution in [3.8, 4) is 11.5 Å². The number of anilines is 1. The van der Waals surface area contributed by atoms with Gasteiger partial charge in [0.1, 0.15) is 11.5 Å². The van der Waals surface area contributed by atoms with E-state index in [0.717, 1.165) is 30.2 Å². The average Bonchev–Trinajstić information content (AvgIpc) is 2.35. The van der Waals surface area contributed by atoms with Gasteiger partial charge < -0.3 is 20.5 Å². The minimum absolute atomic E-state index is 0.150. The van der Waals surface area contributed by atoms with Crippen LogP contribution in [0, 0.1) is 5.92 Å². The highest BCUT2D eigenvalue weighted by atomic mass is 16.5. The molecule has 4 nitrogen and oxygen atoms in total. The first kappa shape index (κ1) is 14.6. The van der Waals surface area contributed by atoms with Gasteiger partial charge in [-0.2, -0.15) is 0 Å². The van der Waals surface area contributed by atoms with Gasteiger partial charge in [0.15, 0.2) is 0 Å². The van der Waals surface area contributed by atoms with Crippen molar-refractivity contribution >= 4 is 5.69 Å². The second-order valence-electron chi connectivity index (χ2n) is 4.84. The maximum Gasteiger partial charge on any atom is 0.145 e. The number of hydrogen-bond donors (Lipinski definition) is 2. The first-order valence-electron chi connectivity index (χ1n) is 6.28. The molecule has 0 heterocycles. The molecule has 4 heteroatoms. The van der Waals surface area contributed by atoms with E-state index in [1.54, 1.807) is 14.2 Å². The topological polar surface area (TPSA) is 56.5 Å². The van der Waals surface area contributed by atoms with Crippen LogP contribution in [0.25, 0.3) is 0 Å². The zero-order valence-corrected chi connectivity index (χ0v) is 11.7.